The number of rotatable bonds is 43. The van der Waals surface area contributed by atoms with Gasteiger partial charge in [-0.3, -0.25) is 43.2 Å². The van der Waals surface area contributed by atoms with Crippen LogP contribution in [-0.4, -0.2) is 103 Å². The van der Waals surface area contributed by atoms with Crippen LogP contribution in [0, 0.1) is 35.5 Å². The summed E-state index contributed by atoms with van der Waals surface area (Å²) in [5.74, 6) is -7.27. The fourth-order valence-corrected chi connectivity index (χ4v) is 10.7. The van der Waals surface area contributed by atoms with Gasteiger partial charge < -0.3 is 56.1 Å². The van der Waals surface area contributed by atoms with Crippen LogP contribution in [0.5, 0.6) is 0 Å². The number of carbonyl (C=O) groups excluding carboxylic acids is 9. The van der Waals surface area contributed by atoms with E-state index in [4.69, 9.17) is 28.7 Å². The van der Waals surface area contributed by atoms with Gasteiger partial charge in [-0.05, 0) is 131 Å². The molecule has 0 aliphatic rings. The smallest absolute Gasteiger partial charge is 0.239 e. The van der Waals surface area contributed by atoms with E-state index in [1.165, 1.54) is 0 Å². The standard InChI is InChI=1S/C68H97N9O9.C2H6.3CH4.H3N/c1-45(2)35-58(76-67(85)53(37-47-21-9-5-10-22-47)43-60(78)55(71)39-49-25-13-7-14-26-49)62(80)41-51(29-19-32-69)65(83)74-34-18-17-31-57(64(73)82)75-66(84)52(30-20-33-70)42-63(81)59(36-46(3)4)77-68(86)54(38-48-23-11-6-12-24-48)44-61(79)56(72)40-50-27-15-8-16-28-50;1-2;;;;/h5-16,21-28,45-46,51-59H,17-20,29-44,69-72H2,1-4H3,(H2,73,82)(H,74,83)(H,75,84)(H,76,85)(H,77,86);1-2H3;3*1H4;1H3/t51-,52-,53-,54-,55+,56+,57-,58+,59+;;;;;/m0...../s1. The Labute approximate surface area is 551 Å². The number of nitrogens with two attached hydrogens (primary N) is 5. The Hall–Kier alpha value is -7.29. The molecule has 0 saturated carbocycles. The second-order valence-electron chi connectivity index (χ2n) is 23.9. The quantitative estimate of drug-likeness (QED) is 0.0185. The summed E-state index contributed by atoms with van der Waals surface area (Å²) in [6.07, 6.45) is 3.23. The average molecular weight is 1280 g/mol. The largest absolute Gasteiger partial charge is 0.368 e. The number of amides is 5. The monoisotopic (exact) mass is 1280 g/mol. The summed E-state index contributed by atoms with van der Waals surface area (Å²) in [5.41, 5.74) is 33.8. The third kappa shape index (κ3) is 33.3. The Morgan fingerprint density at radius 3 is 1.02 bits per heavy atom. The molecule has 9 atom stereocenters. The van der Waals surface area contributed by atoms with E-state index in [0.29, 0.717) is 51.4 Å². The molecule has 514 valence electrons. The molecule has 0 aliphatic heterocycles. The highest BCUT2D eigenvalue weighted by molar-refractivity contribution is 5.96. The summed E-state index contributed by atoms with van der Waals surface area (Å²) in [7, 11) is 0. The number of benzene rings is 4. The number of carbonyl (C=O) groups is 9. The molecular formula is C73H118N10O9. The van der Waals surface area contributed by atoms with Crippen LogP contribution >= 0.6 is 0 Å². The zero-order chi connectivity index (χ0) is 65.0. The van der Waals surface area contributed by atoms with Gasteiger partial charge in [-0.25, -0.2) is 0 Å². The van der Waals surface area contributed by atoms with Crippen LogP contribution in [0.2, 0.25) is 0 Å². The third-order valence-electron chi connectivity index (χ3n) is 15.6. The highest BCUT2D eigenvalue weighted by atomic mass is 16.2. The number of unbranched alkanes of at least 4 members (excludes halogenated alkanes) is 1. The molecule has 0 aliphatic carbocycles. The molecular weight excluding hydrogens is 1160 g/mol. The minimum atomic E-state index is -1.11. The lowest BCUT2D eigenvalue weighted by Crippen LogP contribution is -2.49. The zero-order valence-electron chi connectivity index (χ0n) is 53.8. The molecule has 19 heteroatoms. The van der Waals surface area contributed by atoms with Gasteiger partial charge >= 0.3 is 0 Å². The molecule has 0 radical (unpaired) electrons. The van der Waals surface area contributed by atoms with Crippen LogP contribution in [0.4, 0.5) is 0 Å². The molecule has 0 spiro atoms. The molecule has 0 saturated heterocycles. The summed E-state index contributed by atoms with van der Waals surface area (Å²) in [6.45, 7) is 12.4. The van der Waals surface area contributed by atoms with Gasteiger partial charge in [0.15, 0.2) is 23.1 Å². The normalized spacial score (nSPS) is 13.7. The molecule has 4 rings (SSSR count). The van der Waals surface area contributed by atoms with Gasteiger partial charge in [-0.2, -0.15) is 0 Å². The Morgan fingerprint density at radius 1 is 0.391 bits per heavy atom. The van der Waals surface area contributed by atoms with Crippen molar-refractivity contribution in [2.45, 2.75) is 203 Å². The first kappa shape index (κ1) is 86.8. The first-order valence-corrected chi connectivity index (χ1v) is 31.8. The second-order valence-corrected chi connectivity index (χ2v) is 23.9. The maximum atomic E-state index is 14.3. The molecule has 4 aromatic rings. The van der Waals surface area contributed by atoms with Crippen molar-refractivity contribution < 1.29 is 43.2 Å². The Kier molecular flexibility index (Phi) is 45.7. The topological polar surface area (TPSA) is 367 Å². The van der Waals surface area contributed by atoms with E-state index < -0.39 is 77.5 Å². The van der Waals surface area contributed by atoms with Gasteiger partial charge in [0, 0.05) is 55.9 Å². The third-order valence-corrected chi connectivity index (χ3v) is 15.6. The van der Waals surface area contributed by atoms with E-state index in [-0.39, 0.29) is 147 Å². The van der Waals surface area contributed by atoms with Crippen molar-refractivity contribution in [2.24, 2.45) is 64.2 Å². The second kappa shape index (κ2) is 48.5. The van der Waals surface area contributed by atoms with Crippen molar-refractivity contribution in [1.29, 1.82) is 0 Å². The molecule has 0 bridgehead atoms. The van der Waals surface area contributed by atoms with Crippen molar-refractivity contribution in [3.05, 3.63) is 144 Å². The van der Waals surface area contributed by atoms with Crippen LogP contribution < -0.4 is 56.1 Å². The summed E-state index contributed by atoms with van der Waals surface area (Å²) < 4.78 is 0. The predicted molar refractivity (Wildman–Crippen MR) is 373 cm³/mol. The Balaban J connectivity index is 0. The molecule has 0 unspecified atom stereocenters. The summed E-state index contributed by atoms with van der Waals surface area (Å²) in [4.78, 5) is 125. The van der Waals surface area contributed by atoms with E-state index in [9.17, 15) is 43.2 Å². The number of Topliss-reactive ketones (excluding diaryl/α,β-unsaturated/α-hetero) is 4. The van der Waals surface area contributed by atoms with Gasteiger partial charge in [0.25, 0.3) is 0 Å². The van der Waals surface area contributed by atoms with E-state index in [0.717, 1.165) is 22.3 Å². The molecule has 0 fully saturated rings. The number of hydrogen-bond acceptors (Lipinski definition) is 14. The van der Waals surface area contributed by atoms with Crippen LogP contribution in [0.3, 0.4) is 0 Å². The highest BCUT2D eigenvalue weighted by Gasteiger charge is 2.35. The van der Waals surface area contributed by atoms with Gasteiger partial charge in [0.05, 0.1) is 24.2 Å². The number of hydrogen-bond donors (Lipinski definition) is 10. The lowest BCUT2D eigenvalue weighted by Gasteiger charge is -2.26. The van der Waals surface area contributed by atoms with Crippen LogP contribution in [-0.2, 0) is 68.8 Å². The van der Waals surface area contributed by atoms with Crippen molar-refractivity contribution in [3.63, 3.8) is 0 Å². The molecule has 0 aromatic heterocycles. The van der Waals surface area contributed by atoms with E-state index in [1.807, 2.05) is 163 Å². The van der Waals surface area contributed by atoms with Crippen molar-refractivity contribution in [1.82, 2.24) is 27.4 Å². The number of primary amides is 1. The van der Waals surface area contributed by atoms with Gasteiger partial charge in [-0.15, -0.1) is 0 Å². The molecule has 5 amide bonds. The van der Waals surface area contributed by atoms with Crippen LogP contribution in [0.15, 0.2) is 121 Å². The lowest BCUT2D eigenvalue weighted by molar-refractivity contribution is -0.135. The maximum absolute atomic E-state index is 14.3. The fourth-order valence-electron chi connectivity index (χ4n) is 10.7. The van der Waals surface area contributed by atoms with Crippen LogP contribution in [0.1, 0.15) is 170 Å². The SMILES string of the molecule is C.C.C.CC.CC(C)C[C@@H](NC(=O)[C@H](CC(=O)[C@H](N)Cc1ccccc1)Cc1ccccc1)C(=O)C[C@H](CCCN)C(=O)NCCCC[C@H](NC(=O)[C@@H](CCCN)CC(=O)[C@@H](CC(C)C)NC(=O)[C@H](CC(=O)[C@H](N)Cc1ccccc1)Cc1ccccc1)C(N)=O.N. The van der Waals surface area contributed by atoms with E-state index in [2.05, 4.69) is 21.3 Å². The van der Waals surface area contributed by atoms with Crippen LogP contribution in [0.25, 0.3) is 0 Å². The van der Waals surface area contributed by atoms with Gasteiger partial charge in [0.2, 0.25) is 29.5 Å². The van der Waals surface area contributed by atoms with E-state index >= 15 is 0 Å². The summed E-state index contributed by atoms with van der Waals surface area (Å²) in [5, 5.41) is 11.6. The van der Waals surface area contributed by atoms with E-state index in [1.54, 1.807) is 0 Å². The molecule has 17 N–H and O–H groups in total. The Morgan fingerprint density at radius 2 is 0.696 bits per heavy atom. The zero-order valence-corrected chi connectivity index (χ0v) is 53.8. The first-order chi connectivity index (χ1) is 42.2. The fraction of sp³-hybridized carbons (Fsp3) is 0.548. The Bertz CT molecular complexity index is 2740. The number of ketones is 4. The van der Waals surface area contributed by atoms with Gasteiger partial charge in [0.1, 0.15) is 6.04 Å². The number of nitrogens with one attached hydrogen (secondary N) is 4. The summed E-state index contributed by atoms with van der Waals surface area (Å²) >= 11 is 0. The van der Waals surface area contributed by atoms with Gasteiger partial charge in [-0.1, -0.05) is 185 Å². The highest BCUT2D eigenvalue weighted by Crippen LogP contribution is 2.23. The molecule has 4 aromatic carbocycles. The molecule has 92 heavy (non-hydrogen) atoms. The summed E-state index contributed by atoms with van der Waals surface area (Å²) in [6, 6.07) is 32.7. The van der Waals surface area contributed by atoms with Crippen molar-refractivity contribution >= 4 is 52.7 Å². The predicted octanol–water partition coefficient (Wildman–Crippen LogP) is 8.81. The molecule has 19 nitrogen and oxygen atoms in total. The maximum Gasteiger partial charge on any atom is 0.239 e. The average Bonchev–Trinajstić information content (AvgIpc) is 1.04. The minimum absolute atomic E-state index is 0. The minimum Gasteiger partial charge on any atom is -0.368 e. The van der Waals surface area contributed by atoms with Crippen molar-refractivity contribution in [2.75, 3.05) is 19.6 Å². The van der Waals surface area contributed by atoms with Crippen molar-refractivity contribution in [3.8, 4) is 0 Å². The molecule has 0 heterocycles. The lowest BCUT2D eigenvalue weighted by atomic mass is 9.88. The first-order valence-electron chi connectivity index (χ1n) is 31.8.